The van der Waals surface area contributed by atoms with E-state index in [4.69, 9.17) is 14.9 Å². The van der Waals surface area contributed by atoms with E-state index in [9.17, 15) is 14.4 Å². The van der Waals surface area contributed by atoms with Gasteiger partial charge in [0.15, 0.2) is 0 Å². The lowest BCUT2D eigenvalue weighted by Crippen LogP contribution is -2.46. The topological polar surface area (TPSA) is 125 Å². The molecule has 0 spiro atoms. The fourth-order valence-electron chi connectivity index (χ4n) is 1.61. The number of aliphatic carboxylic acids is 2. The summed E-state index contributed by atoms with van der Waals surface area (Å²) in [4.78, 5) is 32.9. The number of methoxy groups -OCH3 is 1. The molecule has 0 aromatic heterocycles. The maximum Gasteiger partial charge on any atom is 0.326 e. The molecule has 0 fully saturated rings. The average Bonchev–Trinajstić information content (AvgIpc) is 2.44. The minimum Gasteiger partial charge on any atom is -0.496 e. The number of nitrogens with one attached hydrogen (secondary N) is 2. The van der Waals surface area contributed by atoms with Gasteiger partial charge in [0.2, 0.25) is 0 Å². The number of amides is 2. The molecule has 0 heterocycles. The first-order chi connectivity index (χ1) is 9.93. The quantitative estimate of drug-likeness (QED) is 0.578. The number of carboxylic acids is 2. The van der Waals surface area contributed by atoms with E-state index in [1.807, 2.05) is 0 Å². The summed E-state index contributed by atoms with van der Waals surface area (Å²) in [6, 6.07) is 4.75. The highest BCUT2D eigenvalue weighted by molar-refractivity contribution is 5.86. The first kappa shape index (κ1) is 16.3. The summed E-state index contributed by atoms with van der Waals surface area (Å²) in [5.74, 6) is -2.14. The molecule has 8 heteroatoms. The van der Waals surface area contributed by atoms with Crippen molar-refractivity contribution in [1.82, 2.24) is 10.6 Å². The fraction of sp³-hybridized carbons (Fsp3) is 0.308. The van der Waals surface area contributed by atoms with Crippen molar-refractivity contribution >= 4 is 18.0 Å². The summed E-state index contributed by atoms with van der Waals surface area (Å²) in [6.07, 6.45) is -0.697. The lowest BCUT2D eigenvalue weighted by Gasteiger charge is -2.14. The monoisotopic (exact) mass is 296 g/mol. The third-order valence-corrected chi connectivity index (χ3v) is 2.61. The van der Waals surface area contributed by atoms with Crippen molar-refractivity contribution in [2.75, 3.05) is 7.11 Å². The second-order valence-corrected chi connectivity index (χ2v) is 4.13. The molecule has 0 unspecified atom stereocenters. The highest BCUT2D eigenvalue weighted by Gasteiger charge is 2.22. The Balaban J connectivity index is 2.56. The molecule has 0 aliphatic heterocycles. The molecule has 0 radical (unpaired) electrons. The van der Waals surface area contributed by atoms with Gasteiger partial charge >= 0.3 is 18.0 Å². The molecule has 1 aromatic carbocycles. The Morgan fingerprint density at radius 1 is 1.24 bits per heavy atom. The molecule has 0 aliphatic carbocycles. The van der Waals surface area contributed by atoms with Crippen LogP contribution < -0.4 is 15.4 Å². The predicted molar refractivity (Wildman–Crippen MR) is 72.0 cm³/mol. The van der Waals surface area contributed by atoms with Crippen molar-refractivity contribution in [3.63, 3.8) is 0 Å². The molecule has 1 atom stereocenters. The first-order valence-electron chi connectivity index (χ1n) is 6.05. The van der Waals surface area contributed by atoms with Crippen LogP contribution in [0.15, 0.2) is 24.3 Å². The maximum absolute atomic E-state index is 11.6. The zero-order valence-corrected chi connectivity index (χ0v) is 11.3. The molecule has 1 aromatic rings. The van der Waals surface area contributed by atoms with Crippen LogP contribution in [0, 0.1) is 0 Å². The van der Waals surface area contributed by atoms with Gasteiger partial charge in [0.05, 0.1) is 13.5 Å². The minimum atomic E-state index is -1.49. The summed E-state index contributed by atoms with van der Waals surface area (Å²) >= 11 is 0. The zero-order chi connectivity index (χ0) is 15.8. The predicted octanol–water partition coefficient (Wildman–Crippen LogP) is 0.422. The third-order valence-electron chi connectivity index (χ3n) is 2.61. The van der Waals surface area contributed by atoms with E-state index in [2.05, 4.69) is 10.6 Å². The molecular weight excluding hydrogens is 280 g/mol. The zero-order valence-electron chi connectivity index (χ0n) is 11.3. The normalized spacial score (nSPS) is 11.3. The van der Waals surface area contributed by atoms with Crippen LogP contribution in [0.1, 0.15) is 12.0 Å². The van der Waals surface area contributed by atoms with Gasteiger partial charge < -0.3 is 25.6 Å². The van der Waals surface area contributed by atoms with Gasteiger partial charge in [-0.25, -0.2) is 9.59 Å². The van der Waals surface area contributed by atoms with Crippen molar-refractivity contribution in [3.05, 3.63) is 29.8 Å². The van der Waals surface area contributed by atoms with Gasteiger partial charge in [-0.2, -0.15) is 0 Å². The van der Waals surface area contributed by atoms with Crippen LogP contribution in [0.5, 0.6) is 5.75 Å². The van der Waals surface area contributed by atoms with Crippen LogP contribution in [0.2, 0.25) is 0 Å². The standard InChI is InChI=1S/C13H16N2O6/c1-21-10-5-3-2-4-8(10)7-14-13(20)15-9(12(18)19)6-11(16)17/h2-5,9H,6-7H2,1H3,(H,16,17)(H,18,19)(H2,14,15,20)/t9-/m0/s1. The number of hydrogen-bond donors (Lipinski definition) is 4. The van der Waals surface area contributed by atoms with Gasteiger partial charge in [0, 0.05) is 12.1 Å². The van der Waals surface area contributed by atoms with E-state index < -0.39 is 30.4 Å². The second-order valence-electron chi connectivity index (χ2n) is 4.13. The van der Waals surface area contributed by atoms with Crippen molar-refractivity contribution < 1.29 is 29.3 Å². The Morgan fingerprint density at radius 3 is 2.48 bits per heavy atom. The maximum atomic E-state index is 11.6. The van der Waals surface area contributed by atoms with Gasteiger partial charge in [-0.1, -0.05) is 18.2 Å². The minimum absolute atomic E-state index is 0.120. The number of hydrogen-bond acceptors (Lipinski definition) is 4. The number of carbonyl (C=O) groups is 3. The largest absolute Gasteiger partial charge is 0.496 e. The van der Waals surface area contributed by atoms with E-state index in [1.165, 1.54) is 7.11 Å². The summed E-state index contributed by atoms with van der Waals surface area (Å²) in [5.41, 5.74) is 0.709. The lowest BCUT2D eigenvalue weighted by molar-refractivity contribution is -0.145. The molecule has 2 amide bonds. The molecule has 1 rings (SSSR count). The van der Waals surface area contributed by atoms with Gasteiger partial charge in [0.1, 0.15) is 11.8 Å². The van der Waals surface area contributed by atoms with Crippen molar-refractivity contribution in [2.45, 2.75) is 19.0 Å². The first-order valence-corrected chi connectivity index (χ1v) is 6.05. The van der Waals surface area contributed by atoms with Gasteiger partial charge in [0.25, 0.3) is 0 Å². The Labute approximate surface area is 120 Å². The number of ether oxygens (including phenoxy) is 1. The SMILES string of the molecule is COc1ccccc1CNC(=O)N[C@@H](CC(=O)O)C(=O)O. The van der Waals surface area contributed by atoms with Crippen LogP contribution >= 0.6 is 0 Å². The van der Waals surface area contributed by atoms with Gasteiger partial charge in [-0.05, 0) is 6.07 Å². The van der Waals surface area contributed by atoms with Crippen molar-refractivity contribution in [3.8, 4) is 5.75 Å². The Bertz CT molecular complexity index is 531. The molecule has 114 valence electrons. The number of benzene rings is 1. The van der Waals surface area contributed by atoms with E-state index in [0.717, 1.165) is 0 Å². The highest BCUT2D eigenvalue weighted by atomic mass is 16.5. The van der Waals surface area contributed by atoms with Crippen LogP contribution in [0.3, 0.4) is 0 Å². The Hall–Kier alpha value is -2.77. The fourth-order valence-corrected chi connectivity index (χ4v) is 1.61. The molecule has 0 bridgehead atoms. The van der Waals surface area contributed by atoms with E-state index in [0.29, 0.717) is 11.3 Å². The number of urea groups is 1. The Kier molecular flexibility index (Phi) is 5.99. The van der Waals surface area contributed by atoms with Crippen LogP contribution in [-0.2, 0) is 16.1 Å². The summed E-state index contributed by atoms with van der Waals surface area (Å²) in [7, 11) is 1.49. The molecule has 0 aliphatic rings. The van der Waals surface area contributed by atoms with Gasteiger partial charge in [-0.15, -0.1) is 0 Å². The molecule has 4 N–H and O–H groups in total. The number of carboxylic acid groups (broad SMARTS) is 2. The molecular formula is C13H16N2O6. The van der Waals surface area contributed by atoms with E-state index >= 15 is 0 Å². The second kappa shape index (κ2) is 7.73. The molecule has 8 nitrogen and oxygen atoms in total. The highest BCUT2D eigenvalue weighted by Crippen LogP contribution is 2.16. The van der Waals surface area contributed by atoms with Crippen LogP contribution in [0.4, 0.5) is 4.79 Å². The Morgan fingerprint density at radius 2 is 1.90 bits per heavy atom. The molecule has 21 heavy (non-hydrogen) atoms. The lowest BCUT2D eigenvalue weighted by atomic mass is 10.2. The summed E-state index contributed by atoms with van der Waals surface area (Å²) in [5, 5.41) is 21.9. The smallest absolute Gasteiger partial charge is 0.326 e. The average molecular weight is 296 g/mol. The van der Waals surface area contributed by atoms with Crippen LogP contribution in [-0.4, -0.2) is 41.3 Å². The third kappa shape index (κ3) is 5.39. The molecule has 0 saturated carbocycles. The van der Waals surface area contributed by atoms with Gasteiger partial charge in [-0.3, -0.25) is 4.79 Å². The van der Waals surface area contributed by atoms with E-state index in [-0.39, 0.29) is 6.54 Å². The number of rotatable bonds is 7. The molecule has 0 saturated heterocycles. The van der Waals surface area contributed by atoms with E-state index in [1.54, 1.807) is 24.3 Å². The number of para-hydroxylation sites is 1. The summed E-state index contributed by atoms with van der Waals surface area (Å²) in [6.45, 7) is 0.120. The van der Waals surface area contributed by atoms with Crippen LogP contribution in [0.25, 0.3) is 0 Å². The summed E-state index contributed by atoms with van der Waals surface area (Å²) < 4.78 is 5.11. The van der Waals surface area contributed by atoms with Crippen molar-refractivity contribution in [2.24, 2.45) is 0 Å². The van der Waals surface area contributed by atoms with Crippen molar-refractivity contribution in [1.29, 1.82) is 0 Å². The number of carbonyl (C=O) groups excluding carboxylic acids is 1.